The second kappa shape index (κ2) is 4.96. The first-order valence-electron chi connectivity index (χ1n) is 3.92. The molecule has 0 aliphatic rings. The second-order valence-electron chi connectivity index (χ2n) is 2.87. The van der Waals surface area contributed by atoms with Crippen molar-refractivity contribution >= 4 is 27.5 Å². The van der Waals surface area contributed by atoms with Gasteiger partial charge < -0.3 is 4.84 Å². The zero-order valence-corrected chi connectivity index (χ0v) is 9.60. The molecule has 1 atom stereocenters. The van der Waals surface area contributed by atoms with Gasteiger partial charge in [0, 0.05) is 15.4 Å². The lowest BCUT2D eigenvalue weighted by Gasteiger charge is -2.13. The van der Waals surface area contributed by atoms with E-state index in [0.717, 1.165) is 15.1 Å². The Balaban J connectivity index is 2.98. The summed E-state index contributed by atoms with van der Waals surface area (Å²) in [4.78, 5) is 4.59. The van der Waals surface area contributed by atoms with Crippen LogP contribution in [0.5, 0.6) is 0 Å². The SMILES string of the molecule is CC(CON)c1c(Cl)cccc1Br. The van der Waals surface area contributed by atoms with E-state index in [9.17, 15) is 0 Å². The smallest absolute Gasteiger partial charge is 0.0746 e. The number of benzene rings is 1. The highest BCUT2D eigenvalue weighted by Crippen LogP contribution is 2.31. The molecule has 0 aromatic heterocycles. The molecule has 0 aliphatic heterocycles. The van der Waals surface area contributed by atoms with E-state index in [0.29, 0.717) is 6.61 Å². The Labute approximate surface area is 91.1 Å². The Morgan fingerprint density at radius 2 is 2.31 bits per heavy atom. The van der Waals surface area contributed by atoms with E-state index < -0.39 is 0 Å². The molecule has 1 rings (SSSR count). The van der Waals surface area contributed by atoms with Crippen LogP contribution in [-0.4, -0.2) is 6.61 Å². The van der Waals surface area contributed by atoms with Crippen LogP contribution in [-0.2, 0) is 4.84 Å². The first-order valence-corrected chi connectivity index (χ1v) is 5.09. The summed E-state index contributed by atoms with van der Waals surface area (Å²) in [6.07, 6.45) is 0. The van der Waals surface area contributed by atoms with Crippen molar-refractivity contribution in [2.24, 2.45) is 5.90 Å². The minimum absolute atomic E-state index is 0.188. The van der Waals surface area contributed by atoms with E-state index in [1.807, 2.05) is 25.1 Å². The molecule has 0 bridgehead atoms. The topological polar surface area (TPSA) is 35.2 Å². The summed E-state index contributed by atoms with van der Waals surface area (Å²) >= 11 is 9.47. The third-order valence-corrected chi connectivity index (χ3v) is 2.86. The number of hydrogen-bond donors (Lipinski definition) is 1. The molecule has 1 aromatic rings. The Kier molecular flexibility index (Phi) is 4.19. The number of halogens is 2. The molecule has 0 fully saturated rings. The number of nitrogens with two attached hydrogens (primary N) is 1. The van der Waals surface area contributed by atoms with Crippen LogP contribution in [0, 0.1) is 0 Å². The first-order chi connectivity index (χ1) is 6.16. The van der Waals surface area contributed by atoms with Gasteiger partial charge in [-0.25, -0.2) is 5.90 Å². The fraction of sp³-hybridized carbons (Fsp3) is 0.333. The van der Waals surface area contributed by atoms with Gasteiger partial charge in [-0.15, -0.1) is 0 Å². The quantitative estimate of drug-likeness (QED) is 0.852. The Morgan fingerprint density at radius 3 is 2.85 bits per heavy atom. The molecule has 0 amide bonds. The van der Waals surface area contributed by atoms with Crippen LogP contribution >= 0.6 is 27.5 Å². The van der Waals surface area contributed by atoms with Crippen molar-refractivity contribution < 1.29 is 4.84 Å². The maximum atomic E-state index is 6.03. The highest BCUT2D eigenvalue weighted by Gasteiger charge is 2.12. The fourth-order valence-corrected chi connectivity index (χ4v) is 2.44. The van der Waals surface area contributed by atoms with Crippen molar-refractivity contribution in [3.63, 3.8) is 0 Å². The monoisotopic (exact) mass is 263 g/mol. The summed E-state index contributed by atoms with van der Waals surface area (Å²) in [6.45, 7) is 2.47. The second-order valence-corrected chi connectivity index (χ2v) is 4.13. The predicted octanol–water partition coefficient (Wildman–Crippen LogP) is 3.10. The zero-order chi connectivity index (χ0) is 9.84. The molecule has 2 nitrogen and oxygen atoms in total. The third kappa shape index (κ3) is 2.68. The average molecular weight is 265 g/mol. The van der Waals surface area contributed by atoms with E-state index in [1.54, 1.807) is 0 Å². The van der Waals surface area contributed by atoms with Gasteiger partial charge >= 0.3 is 0 Å². The highest BCUT2D eigenvalue weighted by atomic mass is 79.9. The lowest BCUT2D eigenvalue weighted by molar-refractivity contribution is 0.126. The molecule has 72 valence electrons. The molecule has 0 heterocycles. The van der Waals surface area contributed by atoms with Crippen LogP contribution < -0.4 is 5.90 Å². The van der Waals surface area contributed by atoms with Gasteiger partial charge in [0.25, 0.3) is 0 Å². The molecule has 0 radical (unpaired) electrons. The van der Waals surface area contributed by atoms with E-state index in [2.05, 4.69) is 20.8 Å². The van der Waals surface area contributed by atoms with Crippen LogP contribution in [0.15, 0.2) is 22.7 Å². The molecule has 13 heavy (non-hydrogen) atoms. The van der Waals surface area contributed by atoms with Crippen molar-refractivity contribution in [3.8, 4) is 0 Å². The van der Waals surface area contributed by atoms with Crippen molar-refractivity contribution in [2.45, 2.75) is 12.8 Å². The van der Waals surface area contributed by atoms with Gasteiger partial charge in [-0.3, -0.25) is 0 Å². The van der Waals surface area contributed by atoms with Crippen molar-refractivity contribution in [1.29, 1.82) is 0 Å². The Morgan fingerprint density at radius 1 is 1.62 bits per heavy atom. The van der Waals surface area contributed by atoms with Crippen molar-refractivity contribution in [1.82, 2.24) is 0 Å². The predicted molar refractivity (Wildman–Crippen MR) is 57.7 cm³/mol. The molecular formula is C9H11BrClNO. The lowest BCUT2D eigenvalue weighted by atomic mass is 10.0. The maximum Gasteiger partial charge on any atom is 0.0746 e. The van der Waals surface area contributed by atoms with Crippen molar-refractivity contribution in [2.75, 3.05) is 6.61 Å². The van der Waals surface area contributed by atoms with Gasteiger partial charge in [0.05, 0.1) is 6.61 Å². The van der Waals surface area contributed by atoms with Crippen LogP contribution in [0.2, 0.25) is 5.02 Å². The summed E-state index contributed by atoms with van der Waals surface area (Å²) in [5.74, 6) is 5.20. The van der Waals surface area contributed by atoms with Gasteiger partial charge in [0.2, 0.25) is 0 Å². The number of hydrogen-bond acceptors (Lipinski definition) is 2. The standard InChI is InChI=1S/C9H11BrClNO/c1-6(5-13-12)9-7(10)3-2-4-8(9)11/h2-4,6H,5,12H2,1H3. The van der Waals surface area contributed by atoms with Crippen LogP contribution in [0.1, 0.15) is 18.4 Å². The normalized spacial score (nSPS) is 12.9. The van der Waals surface area contributed by atoms with Gasteiger partial charge in [-0.2, -0.15) is 0 Å². The van der Waals surface area contributed by atoms with Gasteiger partial charge in [0.1, 0.15) is 0 Å². The Bertz CT molecular complexity index is 273. The molecular weight excluding hydrogens is 253 g/mol. The molecule has 1 unspecified atom stereocenters. The minimum Gasteiger partial charge on any atom is -0.304 e. The van der Waals surface area contributed by atoms with E-state index in [4.69, 9.17) is 17.5 Å². The van der Waals surface area contributed by atoms with Crippen LogP contribution in [0.25, 0.3) is 0 Å². The summed E-state index contributed by atoms with van der Waals surface area (Å²) < 4.78 is 0.990. The Hall–Kier alpha value is -0.0900. The van der Waals surface area contributed by atoms with E-state index >= 15 is 0 Å². The molecule has 0 spiro atoms. The molecule has 0 saturated carbocycles. The van der Waals surface area contributed by atoms with Crippen molar-refractivity contribution in [3.05, 3.63) is 33.3 Å². The fourth-order valence-electron chi connectivity index (χ4n) is 1.21. The highest BCUT2D eigenvalue weighted by molar-refractivity contribution is 9.10. The molecule has 2 N–H and O–H groups in total. The van der Waals surface area contributed by atoms with Gasteiger partial charge in [-0.1, -0.05) is 40.5 Å². The molecule has 4 heteroatoms. The zero-order valence-electron chi connectivity index (χ0n) is 7.26. The van der Waals surface area contributed by atoms with Crippen LogP contribution in [0.3, 0.4) is 0 Å². The summed E-state index contributed by atoms with van der Waals surface area (Å²) in [5.41, 5.74) is 1.04. The van der Waals surface area contributed by atoms with E-state index in [-0.39, 0.29) is 5.92 Å². The summed E-state index contributed by atoms with van der Waals surface area (Å²) in [7, 11) is 0. The van der Waals surface area contributed by atoms with Crippen LogP contribution in [0.4, 0.5) is 0 Å². The summed E-state index contributed by atoms with van der Waals surface area (Å²) in [5, 5.41) is 0.735. The van der Waals surface area contributed by atoms with Gasteiger partial charge in [-0.05, 0) is 17.7 Å². The largest absolute Gasteiger partial charge is 0.304 e. The lowest BCUT2D eigenvalue weighted by Crippen LogP contribution is -2.09. The molecule has 0 aliphatic carbocycles. The molecule has 0 saturated heterocycles. The first kappa shape index (κ1) is 11.0. The average Bonchev–Trinajstić information content (AvgIpc) is 2.04. The number of rotatable bonds is 3. The van der Waals surface area contributed by atoms with Gasteiger partial charge in [0.15, 0.2) is 0 Å². The minimum atomic E-state index is 0.188. The summed E-state index contributed by atoms with van der Waals surface area (Å²) in [6, 6.07) is 5.70. The maximum absolute atomic E-state index is 6.03. The third-order valence-electron chi connectivity index (χ3n) is 1.84. The van der Waals surface area contributed by atoms with E-state index in [1.165, 1.54) is 0 Å². The molecule has 1 aromatic carbocycles.